The lowest BCUT2D eigenvalue weighted by Gasteiger charge is -2.26. The molecule has 0 aromatic heterocycles. The van der Waals surface area contributed by atoms with E-state index in [9.17, 15) is 0 Å². The van der Waals surface area contributed by atoms with Gasteiger partial charge in [0, 0.05) is 12.1 Å². The number of methoxy groups -OCH3 is 2. The Morgan fingerprint density at radius 1 is 0.600 bits per heavy atom. The molecule has 1 aromatic carbocycles. The number of hydrogen-bond acceptors (Lipinski definition) is 4. The van der Waals surface area contributed by atoms with Crippen LogP contribution in [0.3, 0.4) is 0 Å². The van der Waals surface area contributed by atoms with Crippen molar-refractivity contribution in [3.63, 3.8) is 0 Å². The van der Waals surface area contributed by atoms with Crippen LogP contribution in [0.2, 0.25) is 0 Å². The van der Waals surface area contributed by atoms with Crippen molar-refractivity contribution < 1.29 is 18.9 Å². The number of benzene rings is 1. The van der Waals surface area contributed by atoms with E-state index in [0.717, 1.165) is 0 Å². The summed E-state index contributed by atoms with van der Waals surface area (Å²) in [6.07, 6.45) is 0. The molecule has 0 saturated carbocycles. The van der Waals surface area contributed by atoms with E-state index < -0.39 is 0 Å². The van der Waals surface area contributed by atoms with Crippen molar-refractivity contribution in [1.82, 2.24) is 0 Å². The zero-order valence-electron chi connectivity index (χ0n) is 13.8. The van der Waals surface area contributed by atoms with Crippen LogP contribution in [0.5, 0.6) is 23.0 Å². The molecular weight excluding hydrogens is 256 g/mol. The molecule has 0 bridgehead atoms. The molecule has 20 heavy (non-hydrogen) atoms. The van der Waals surface area contributed by atoms with Crippen LogP contribution in [-0.4, -0.2) is 25.4 Å². The predicted octanol–water partition coefficient (Wildman–Crippen LogP) is 4.06. The van der Waals surface area contributed by atoms with Crippen LogP contribution < -0.4 is 18.9 Å². The molecule has 0 aliphatic rings. The molecule has 0 saturated heterocycles. The average Bonchev–Trinajstić information content (AvgIpc) is 2.26. The highest BCUT2D eigenvalue weighted by Gasteiger charge is 2.21. The fourth-order valence-corrected chi connectivity index (χ4v) is 1.66. The molecule has 0 fully saturated rings. The van der Waals surface area contributed by atoms with E-state index in [1.165, 1.54) is 0 Å². The van der Waals surface area contributed by atoms with Gasteiger partial charge in [0.1, 0.15) is 11.2 Å². The van der Waals surface area contributed by atoms with Gasteiger partial charge >= 0.3 is 0 Å². The van der Waals surface area contributed by atoms with Gasteiger partial charge in [0.25, 0.3) is 0 Å². The van der Waals surface area contributed by atoms with E-state index >= 15 is 0 Å². The van der Waals surface area contributed by atoms with Gasteiger partial charge in [0.2, 0.25) is 0 Å². The van der Waals surface area contributed by atoms with Crippen LogP contribution in [0, 0.1) is 0 Å². The monoisotopic (exact) mass is 282 g/mol. The normalized spacial score (nSPS) is 12.0. The minimum Gasteiger partial charge on any atom is -0.493 e. The topological polar surface area (TPSA) is 36.9 Å². The summed E-state index contributed by atoms with van der Waals surface area (Å²) in [7, 11) is 3.22. The Balaban J connectivity index is 3.23. The van der Waals surface area contributed by atoms with E-state index in [-0.39, 0.29) is 11.2 Å². The Labute approximate surface area is 122 Å². The van der Waals surface area contributed by atoms with E-state index in [1.807, 2.05) is 41.5 Å². The molecular formula is C16H26O4. The molecule has 4 heteroatoms. The van der Waals surface area contributed by atoms with Gasteiger partial charge < -0.3 is 18.9 Å². The average molecular weight is 282 g/mol. The molecule has 1 aromatic rings. The highest BCUT2D eigenvalue weighted by atomic mass is 16.5. The van der Waals surface area contributed by atoms with Crippen molar-refractivity contribution in [1.29, 1.82) is 0 Å². The summed E-state index contributed by atoms with van der Waals surface area (Å²) < 4.78 is 22.6. The van der Waals surface area contributed by atoms with Crippen molar-refractivity contribution in [2.75, 3.05) is 14.2 Å². The molecule has 1 rings (SSSR count). The first-order valence-electron chi connectivity index (χ1n) is 6.70. The molecule has 0 unspecified atom stereocenters. The summed E-state index contributed by atoms with van der Waals surface area (Å²) in [5.41, 5.74) is -0.630. The molecule has 0 amide bonds. The number of rotatable bonds is 4. The van der Waals surface area contributed by atoms with Crippen LogP contribution in [0.4, 0.5) is 0 Å². The Morgan fingerprint density at radius 3 is 1.10 bits per heavy atom. The molecule has 0 spiro atoms. The molecule has 4 nitrogen and oxygen atoms in total. The van der Waals surface area contributed by atoms with Gasteiger partial charge in [0.05, 0.1) is 14.2 Å². The van der Waals surface area contributed by atoms with Crippen LogP contribution in [-0.2, 0) is 0 Å². The first-order chi connectivity index (χ1) is 9.05. The second kappa shape index (κ2) is 5.81. The summed E-state index contributed by atoms with van der Waals surface area (Å²) in [5.74, 6) is 2.52. The van der Waals surface area contributed by atoms with Crippen LogP contribution in [0.1, 0.15) is 41.5 Å². The maximum absolute atomic E-state index is 5.89. The second-order valence-corrected chi connectivity index (χ2v) is 6.58. The maximum atomic E-state index is 5.89. The predicted molar refractivity (Wildman–Crippen MR) is 80.3 cm³/mol. The Kier molecular flexibility index (Phi) is 4.79. The van der Waals surface area contributed by atoms with E-state index in [4.69, 9.17) is 18.9 Å². The summed E-state index contributed by atoms with van der Waals surface area (Å²) >= 11 is 0. The molecule has 0 heterocycles. The number of ether oxygens (including phenoxy) is 4. The first kappa shape index (κ1) is 16.5. The Hall–Kier alpha value is -1.58. The van der Waals surface area contributed by atoms with Crippen molar-refractivity contribution in [2.45, 2.75) is 52.7 Å². The Bertz CT molecular complexity index is 409. The van der Waals surface area contributed by atoms with Crippen molar-refractivity contribution in [3.8, 4) is 23.0 Å². The quantitative estimate of drug-likeness (QED) is 0.834. The lowest BCUT2D eigenvalue weighted by atomic mass is 10.1. The van der Waals surface area contributed by atoms with Crippen molar-refractivity contribution >= 4 is 0 Å². The van der Waals surface area contributed by atoms with Crippen molar-refractivity contribution in [2.24, 2.45) is 0 Å². The smallest absolute Gasteiger partial charge is 0.165 e. The summed E-state index contributed by atoms with van der Waals surface area (Å²) in [4.78, 5) is 0. The highest BCUT2D eigenvalue weighted by molar-refractivity contribution is 5.54. The summed E-state index contributed by atoms with van der Waals surface area (Å²) in [6, 6.07) is 3.59. The SMILES string of the molecule is COc1cc(OC(C)(C)C)c(OC)cc1OC(C)(C)C. The first-order valence-corrected chi connectivity index (χ1v) is 6.70. The summed E-state index contributed by atoms with van der Waals surface area (Å²) in [6.45, 7) is 11.9. The Morgan fingerprint density at radius 2 is 0.900 bits per heavy atom. The third-order valence-electron chi connectivity index (χ3n) is 2.28. The largest absolute Gasteiger partial charge is 0.493 e. The molecule has 0 radical (unpaired) electrons. The van der Waals surface area contributed by atoms with Crippen LogP contribution in [0.15, 0.2) is 12.1 Å². The fourth-order valence-electron chi connectivity index (χ4n) is 1.66. The molecule has 0 aliphatic carbocycles. The summed E-state index contributed by atoms with van der Waals surface area (Å²) in [5, 5.41) is 0. The van der Waals surface area contributed by atoms with Gasteiger partial charge in [-0.05, 0) is 41.5 Å². The lowest BCUT2D eigenvalue weighted by molar-refractivity contribution is 0.117. The van der Waals surface area contributed by atoms with Crippen molar-refractivity contribution in [3.05, 3.63) is 12.1 Å². The second-order valence-electron chi connectivity index (χ2n) is 6.58. The van der Waals surface area contributed by atoms with E-state index in [2.05, 4.69) is 0 Å². The molecule has 0 atom stereocenters. The van der Waals surface area contributed by atoms with Gasteiger partial charge in [0.15, 0.2) is 23.0 Å². The van der Waals surface area contributed by atoms with Gasteiger partial charge in [-0.25, -0.2) is 0 Å². The minimum absolute atomic E-state index is 0.315. The van der Waals surface area contributed by atoms with Gasteiger partial charge in [-0.15, -0.1) is 0 Å². The van der Waals surface area contributed by atoms with Gasteiger partial charge in [-0.1, -0.05) is 0 Å². The zero-order chi connectivity index (χ0) is 15.6. The zero-order valence-corrected chi connectivity index (χ0v) is 13.8. The lowest BCUT2D eigenvalue weighted by Crippen LogP contribution is -2.24. The third-order valence-corrected chi connectivity index (χ3v) is 2.28. The molecule has 0 N–H and O–H groups in total. The standard InChI is InChI=1S/C16H26O4/c1-15(2,3)19-13-9-12(18-8)14(10-11(13)17-7)20-16(4,5)6/h9-10H,1-8H3. The minimum atomic E-state index is -0.315. The third kappa shape index (κ3) is 4.83. The number of hydrogen-bond donors (Lipinski definition) is 0. The van der Waals surface area contributed by atoms with Gasteiger partial charge in [-0.2, -0.15) is 0 Å². The maximum Gasteiger partial charge on any atom is 0.165 e. The van der Waals surface area contributed by atoms with Gasteiger partial charge in [-0.3, -0.25) is 0 Å². The van der Waals surface area contributed by atoms with Crippen LogP contribution in [0.25, 0.3) is 0 Å². The molecule has 114 valence electrons. The highest BCUT2D eigenvalue weighted by Crippen LogP contribution is 2.41. The fraction of sp³-hybridized carbons (Fsp3) is 0.625. The van der Waals surface area contributed by atoms with Crippen LogP contribution >= 0.6 is 0 Å². The van der Waals surface area contributed by atoms with E-state index in [0.29, 0.717) is 23.0 Å². The molecule has 0 aliphatic heterocycles. The van der Waals surface area contributed by atoms with E-state index in [1.54, 1.807) is 26.4 Å².